The third-order valence-electron chi connectivity index (χ3n) is 12.4. The Bertz CT molecular complexity index is 3600. The number of benzene rings is 10. The van der Waals surface area contributed by atoms with Crippen LogP contribution in [0.15, 0.2) is 243 Å². The Morgan fingerprint density at radius 1 is 0.317 bits per heavy atom. The maximum absolute atomic E-state index is 2.48. The standard InChI is InChI=1S/C60H40N2S/c1-3-16-41(17-4-1)42-32-34-43(35-33-42)44-36-38-48(39-37-44)61(47-20-5-2-6-21-47)53-26-10-7-22-49(53)45-18-13-19-46(40-45)50-25-14-28-55-59(50)51-23-8-11-27-54(51)62(55)56-29-15-31-58-60(56)52-24-9-12-30-57(52)63-58/h1-40H. The molecule has 63 heavy (non-hydrogen) atoms. The van der Waals surface area contributed by atoms with Gasteiger partial charge in [-0.1, -0.05) is 176 Å². The van der Waals surface area contributed by atoms with Crippen LogP contribution in [0.1, 0.15) is 0 Å². The summed E-state index contributed by atoms with van der Waals surface area (Å²) in [5.41, 5.74) is 16.5. The topological polar surface area (TPSA) is 8.17 Å². The predicted molar refractivity (Wildman–Crippen MR) is 270 cm³/mol. The molecule has 0 bridgehead atoms. The summed E-state index contributed by atoms with van der Waals surface area (Å²) in [4.78, 5) is 2.38. The van der Waals surface area contributed by atoms with E-state index in [2.05, 4.69) is 252 Å². The van der Waals surface area contributed by atoms with Crippen molar-refractivity contribution in [2.24, 2.45) is 0 Å². The zero-order chi connectivity index (χ0) is 41.7. The fourth-order valence-corrected chi connectivity index (χ4v) is 10.6. The van der Waals surface area contributed by atoms with E-state index in [-0.39, 0.29) is 0 Å². The summed E-state index contributed by atoms with van der Waals surface area (Å²) < 4.78 is 5.10. The Balaban J connectivity index is 0.963. The van der Waals surface area contributed by atoms with Crippen LogP contribution in [0.25, 0.3) is 92.2 Å². The molecular formula is C60H40N2S. The van der Waals surface area contributed by atoms with Gasteiger partial charge < -0.3 is 9.47 Å². The highest BCUT2D eigenvalue weighted by molar-refractivity contribution is 7.25. The van der Waals surface area contributed by atoms with E-state index >= 15 is 0 Å². The monoisotopic (exact) mass is 820 g/mol. The Morgan fingerprint density at radius 2 is 0.825 bits per heavy atom. The first kappa shape index (κ1) is 36.8. The Hall–Kier alpha value is -7.98. The molecule has 296 valence electrons. The second-order valence-electron chi connectivity index (χ2n) is 16.1. The number of fused-ring (bicyclic) bond motifs is 6. The highest BCUT2D eigenvalue weighted by Gasteiger charge is 2.21. The average molecular weight is 821 g/mol. The number of hydrogen-bond acceptors (Lipinski definition) is 2. The maximum atomic E-state index is 2.48. The number of anilines is 3. The fraction of sp³-hybridized carbons (Fsp3) is 0. The average Bonchev–Trinajstić information content (AvgIpc) is 3.92. The summed E-state index contributed by atoms with van der Waals surface area (Å²) in [5, 5.41) is 5.11. The number of para-hydroxylation sites is 3. The van der Waals surface area contributed by atoms with Gasteiger partial charge in [-0.3, -0.25) is 0 Å². The molecule has 3 heteroatoms. The molecule has 0 fully saturated rings. The molecule has 0 aliphatic heterocycles. The normalized spacial score (nSPS) is 11.5. The summed E-state index contributed by atoms with van der Waals surface area (Å²) in [6.45, 7) is 0. The second-order valence-corrected chi connectivity index (χ2v) is 17.1. The van der Waals surface area contributed by atoms with Crippen molar-refractivity contribution in [1.82, 2.24) is 4.57 Å². The molecule has 0 saturated heterocycles. The van der Waals surface area contributed by atoms with E-state index in [1.165, 1.54) is 81.0 Å². The molecule has 0 aliphatic carbocycles. The Kier molecular flexibility index (Phi) is 9.06. The van der Waals surface area contributed by atoms with Gasteiger partial charge in [0, 0.05) is 47.9 Å². The van der Waals surface area contributed by atoms with E-state index in [1.807, 2.05) is 11.3 Å². The number of hydrogen-bond donors (Lipinski definition) is 0. The van der Waals surface area contributed by atoms with Crippen molar-refractivity contribution in [2.75, 3.05) is 4.90 Å². The lowest BCUT2D eigenvalue weighted by Crippen LogP contribution is -2.11. The first-order valence-corrected chi connectivity index (χ1v) is 22.3. The van der Waals surface area contributed by atoms with Gasteiger partial charge >= 0.3 is 0 Å². The largest absolute Gasteiger partial charge is 0.310 e. The van der Waals surface area contributed by atoms with Crippen LogP contribution >= 0.6 is 11.3 Å². The van der Waals surface area contributed by atoms with E-state index in [0.717, 1.165) is 28.2 Å². The maximum Gasteiger partial charge on any atom is 0.0555 e. The summed E-state index contributed by atoms with van der Waals surface area (Å²) in [5.74, 6) is 0. The first-order chi connectivity index (χ1) is 31.3. The SMILES string of the molecule is c1ccc(-c2ccc(-c3ccc(N(c4ccccc4)c4ccccc4-c4cccc(-c5cccc6c5c5ccccc5n6-c5cccc6sc7ccccc7c56)c4)cc3)cc2)cc1. The van der Waals surface area contributed by atoms with Gasteiger partial charge in [-0.25, -0.2) is 0 Å². The highest BCUT2D eigenvalue weighted by Crippen LogP contribution is 2.45. The molecule has 0 atom stereocenters. The van der Waals surface area contributed by atoms with Crippen LogP contribution in [0, 0.1) is 0 Å². The van der Waals surface area contributed by atoms with E-state index in [0.29, 0.717) is 0 Å². The third kappa shape index (κ3) is 6.41. The van der Waals surface area contributed by atoms with Gasteiger partial charge in [0.15, 0.2) is 0 Å². The molecule has 0 spiro atoms. The fourth-order valence-electron chi connectivity index (χ4n) is 9.52. The summed E-state index contributed by atoms with van der Waals surface area (Å²) in [6, 6.07) is 88.2. The molecule has 12 aromatic rings. The van der Waals surface area contributed by atoms with Crippen LogP contribution in [0.2, 0.25) is 0 Å². The van der Waals surface area contributed by atoms with Crippen molar-refractivity contribution >= 4 is 70.4 Å². The summed E-state index contributed by atoms with van der Waals surface area (Å²) in [6.07, 6.45) is 0. The van der Waals surface area contributed by atoms with E-state index < -0.39 is 0 Å². The molecule has 0 radical (unpaired) electrons. The zero-order valence-electron chi connectivity index (χ0n) is 34.4. The van der Waals surface area contributed by atoms with Gasteiger partial charge in [-0.2, -0.15) is 0 Å². The molecule has 2 heterocycles. The van der Waals surface area contributed by atoms with Crippen molar-refractivity contribution in [3.63, 3.8) is 0 Å². The summed E-state index contributed by atoms with van der Waals surface area (Å²) in [7, 11) is 0. The van der Waals surface area contributed by atoms with Gasteiger partial charge in [0.1, 0.15) is 0 Å². The number of rotatable bonds is 8. The van der Waals surface area contributed by atoms with Crippen molar-refractivity contribution in [3.05, 3.63) is 243 Å². The van der Waals surface area contributed by atoms with Crippen LogP contribution in [-0.4, -0.2) is 4.57 Å². The molecular weight excluding hydrogens is 781 g/mol. The van der Waals surface area contributed by atoms with E-state index in [1.54, 1.807) is 0 Å². The molecule has 2 nitrogen and oxygen atoms in total. The quantitative estimate of drug-likeness (QED) is 0.148. The first-order valence-electron chi connectivity index (χ1n) is 21.5. The van der Waals surface area contributed by atoms with Crippen molar-refractivity contribution < 1.29 is 0 Å². The van der Waals surface area contributed by atoms with Gasteiger partial charge in [0.05, 0.1) is 22.4 Å². The number of nitrogens with zero attached hydrogens (tertiary/aromatic N) is 2. The molecule has 12 rings (SSSR count). The minimum Gasteiger partial charge on any atom is -0.310 e. The van der Waals surface area contributed by atoms with Crippen molar-refractivity contribution in [3.8, 4) is 50.2 Å². The molecule has 0 unspecified atom stereocenters. The van der Waals surface area contributed by atoms with Gasteiger partial charge in [0.2, 0.25) is 0 Å². The molecule has 0 aliphatic rings. The minimum atomic E-state index is 1.10. The molecule has 0 N–H and O–H groups in total. The van der Waals surface area contributed by atoms with Gasteiger partial charge in [-0.15, -0.1) is 11.3 Å². The predicted octanol–water partition coefficient (Wildman–Crippen LogP) is 17.3. The Morgan fingerprint density at radius 3 is 1.60 bits per heavy atom. The molecule has 2 aromatic heterocycles. The smallest absolute Gasteiger partial charge is 0.0555 e. The van der Waals surface area contributed by atoms with Crippen molar-refractivity contribution in [1.29, 1.82) is 0 Å². The van der Waals surface area contributed by atoms with Crippen LogP contribution in [0.3, 0.4) is 0 Å². The third-order valence-corrected chi connectivity index (χ3v) is 13.5. The lowest BCUT2D eigenvalue weighted by atomic mass is 9.94. The molecule has 0 saturated carbocycles. The molecule has 0 amide bonds. The highest BCUT2D eigenvalue weighted by atomic mass is 32.1. The molecule has 10 aromatic carbocycles. The van der Waals surface area contributed by atoms with Gasteiger partial charge in [-0.05, 0) is 106 Å². The lowest BCUT2D eigenvalue weighted by Gasteiger charge is -2.28. The van der Waals surface area contributed by atoms with Crippen LogP contribution in [-0.2, 0) is 0 Å². The minimum absolute atomic E-state index is 1.10. The van der Waals surface area contributed by atoms with Gasteiger partial charge in [0.25, 0.3) is 0 Å². The van der Waals surface area contributed by atoms with Crippen LogP contribution in [0.5, 0.6) is 0 Å². The number of aromatic nitrogens is 1. The Labute approximate surface area is 370 Å². The second kappa shape index (κ2) is 15.5. The van der Waals surface area contributed by atoms with E-state index in [4.69, 9.17) is 0 Å². The lowest BCUT2D eigenvalue weighted by molar-refractivity contribution is 1.20. The number of thiophene rings is 1. The van der Waals surface area contributed by atoms with Crippen molar-refractivity contribution in [2.45, 2.75) is 0 Å². The van der Waals surface area contributed by atoms with Crippen LogP contribution in [0.4, 0.5) is 17.1 Å². The summed E-state index contributed by atoms with van der Waals surface area (Å²) >= 11 is 1.87. The zero-order valence-corrected chi connectivity index (χ0v) is 35.2. The van der Waals surface area contributed by atoms with E-state index in [9.17, 15) is 0 Å². The van der Waals surface area contributed by atoms with Crippen LogP contribution < -0.4 is 4.90 Å².